The highest BCUT2D eigenvalue weighted by atomic mass is 16.6. The summed E-state index contributed by atoms with van der Waals surface area (Å²) in [5.41, 5.74) is 0.132. The Bertz CT molecular complexity index is 578. The summed E-state index contributed by atoms with van der Waals surface area (Å²) >= 11 is 0. The molecule has 0 aromatic heterocycles. The molecule has 2 unspecified atom stereocenters. The minimum absolute atomic E-state index is 0.0116. The van der Waals surface area contributed by atoms with Gasteiger partial charge in [0.1, 0.15) is 0 Å². The normalized spacial score (nSPS) is 24.0. The largest absolute Gasteiger partial charge is 0.392 e. The molecule has 0 spiro atoms. The lowest BCUT2D eigenvalue weighted by atomic mass is 9.73. The number of nitrogens with zero attached hydrogens (tertiary/aromatic N) is 1. The first-order valence-corrected chi connectivity index (χ1v) is 7.84. The summed E-state index contributed by atoms with van der Waals surface area (Å²) in [6.07, 6.45) is 3.29. The first kappa shape index (κ1) is 17.2. The molecule has 7 nitrogen and oxygen atoms in total. The van der Waals surface area contributed by atoms with Gasteiger partial charge in [-0.3, -0.25) is 10.1 Å². The smallest absolute Gasteiger partial charge is 0.315 e. The molecule has 1 aliphatic rings. The zero-order valence-electron chi connectivity index (χ0n) is 13.2. The standard InChI is InChI=1S/C16H23N3O4/c1-16(9-5-4-8-14(16)20)11-18-15(21)17-10-12-6-2-3-7-13(12)19(22)23/h2-3,6-7,14,20H,4-5,8-11H2,1H3,(H2,17,18,21). The molecule has 2 amide bonds. The van der Waals surface area contributed by atoms with Crippen LogP contribution in [0.3, 0.4) is 0 Å². The zero-order valence-corrected chi connectivity index (χ0v) is 13.2. The molecule has 1 saturated carbocycles. The highest BCUT2D eigenvalue weighted by molar-refractivity contribution is 5.74. The third kappa shape index (κ3) is 4.41. The molecule has 0 radical (unpaired) electrons. The Morgan fingerprint density at radius 1 is 1.39 bits per heavy atom. The van der Waals surface area contributed by atoms with Gasteiger partial charge in [-0.1, -0.05) is 38.0 Å². The number of aliphatic hydroxyl groups is 1. The number of amides is 2. The fourth-order valence-electron chi connectivity index (χ4n) is 2.95. The summed E-state index contributed by atoms with van der Waals surface area (Å²) in [4.78, 5) is 22.4. The first-order valence-electron chi connectivity index (χ1n) is 7.84. The van der Waals surface area contributed by atoms with Crippen molar-refractivity contribution in [3.8, 4) is 0 Å². The number of urea groups is 1. The zero-order chi connectivity index (χ0) is 16.9. The average Bonchev–Trinajstić information content (AvgIpc) is 2.54. The number of nitrogens with one attached hydrogen (secondary N) is 2. The van der Waals surface area contributed by atoms with Crippen molar-refractivity contribution < 1.29 is 14.8 Å². The molecule has 2 rings (SSSR count). The third-order valence-electron chi connectivity index (χ3n) is 4.56. The van der Waals surface area contributed by atoms with Crippen molar-refractivity contribution in [2.24, 2.45) is 5.41 Å². The highest BCUT2D eigenvalue weighted by Crippen LogP contribution is 2.35. The lowest BCUT2D eigenvalue weighted by Crippen LogP contribution is -2.47. The van der Waals surface area contributed by atoms with Crippen molar-refractivity contribution in [3.05, 3.63) is 39.9 Å². The lowest BCUT2D eigenvalue weighted by Gasteiger charge is -2.38. The Kier molecular flexibility index (Phi) is 5.54. The minimum Gasteiger partial charge on any atom is -0.392 e. The van der Waals surface area contributed by atoms with Crippen LogP contribution in [0, 0.1) is 15.5 Å². The molecular formula is C16H23N3O4. The molecule has 0 bridgehead atoms. The number of aliphatic hydroxyl groups excluding tert-OH is 1. The molecule has 0 saturated heterocycles. The van der Waals surface area contributed by atoms with E-state index in [0.29, 0.717) is 12.1 Å². The van der Waals surface area contributed by atoms with Gasteiger partial charge in [-0.15, -0.1) is 0 Å². The van der Waals surface area contributed by atoms with Gasteiger partial charge in [0.15, 0.2) is 0 Å². The van der Waals surface area contributed by atoms with E-state index in [2.05, 4.69) is 10.6 Å². The second kappa shape index (κ2) is 7.41. The topological polar surface area (TPSA) is 104 Å². The van der Waals surface area contributed by atoms with E-state index < -0.39 is 11.0 Å². The molecule has 2 atom stereocenters. The Morgan fingerprint density at radius 3 is 2.83 bits per heavy atom. The summed E-state index contributed by atoms with van der Waals surface area (Å²) in [5, 5.41) is 26.4. The van der Waals surface area contributed by atoms with Gasteiger partial charge in [-0.05, 0) is 12.8 Å². The minimum atomic E-state index is -0.464. The molecule has 1 fully saturated rings. The van der Waals surface area contributed by atoms with Crippen LogP contribution in [-0.4, -0.2) is 28.7 Å². The van der Waals surface area contributed by atoms with Crippen LogP contribution < -0.4 is 10.6 Å². The van der Waals surface area contributed by atoms with Gasteiger partial charge in [0, 0.05) is 23.6 Å². The first-order chi connectivity index (χ1) is 10.9. The van der Waals surface area contributed by atoms with Crippen LogP contribution in [0.25, 0.3) is 0 Å². The summed E-state index contributed by atoms with van der Waals surface area (Å²) < 4.78 is 0. The van der Waals surface area contributed by atoms with Crippen molar-refractivity contribution >= 4 is 11.7 Å². The number of hydrogen-bond acceptors (Lipinski definition) is 4. The quantitative estimate of drug-likeness (QED) is 0.572. The summed E-state index contributed by atoms with van der Waals surface area (Å²) in [7, 11) is 0. The molecule has 23 heavy (non-hydrogen) atoms. The van der Waals surface area contributed by atoms with Gasteiger partial charge in [-0.25, -0.2) is 4.79 Å². The van der Waals surface area contributed by atoms with Crippen LogP contribution in [0.15, 0.2) is 24.3 Å². The van der Waals surface area contributed by atoms with Crippen molar-refractivity contribution in [3.63, 3.8) is 0 Å². The number of carbonyl (C=O) groups is 1. The summed E-state index contributed by atoms with van der Waals surface area (Å²) in [5.74, 6) is 0. The van der Waals surface area contributed by atoms with Gasteiger partial charge in [0.25, 0.3) is 5.69 Å². The van der Waals surface area contributed by atoms with E-state index >= 15 is 0 Å². The number of para-hydroxylation sites is 1. The molecule has 0 aliphatic heterocycles. The third-order valence-corrected chi connectivity index (χ3v) is 4.56. The Morgan fingerprint density at radius 2 is 2.13 bits per heavy atom. The van der Waals surface area contributed by atoms with E-state index in [0.717, 1.165) is 25.7 Å². The van der Waals surface area contributed by atoms with E-state index in [-0.39, 0.29) is 23.7 Å². The van der Waals surface area contributed by atoms with Crippen LogP contribution in [0.4, 0.5) is 10.5 Å². The lowest BCUT2D eigenvalue weighted by molar-refractivity contribution is -0.385. The Hall–Kier alpha value is -2.15. The van der Waals surface area contributed by atoms with Crippen LogP contribution in [0.2, 0.25) is 0 Å². The maximum Gasteiger partial charge on any atom is 0.315 e. The number of nitro benzene ring substituents is 1. The van der Waals surface area contributed by atoms with Crippen LogP contribution in [0.5, 0.6) is 0 Å². The van der Waals surface area contributed by atoms with Gasteiger partial charge in [0.2, 0.25) is 0 Å². The van der Waals surface area contributed by atoms with E-state index in [1.54, 1.807) is 18.2 Å². The van der Waals surface area contributed by atoms with Gasteiger partial charge in [-0.2, -0.15) is 0 Å². The predicted molar refractivity (Wildman–Crippen MR) is 85.9 cm³/mol. The molecule has 3 N–H and O–H groups in total. The number of rotatable bonds is 5. The maximum absolute atomic E-state index is 11.9. The molecular weight excluding hydrogens is 298 g/mol. The number of hydrogen-bond donors (Lipinski definition) is 3. The number of nitro groups is 1. The fraction of sp³-hybridized carbons (Fsp3) is 0.562. The Labute approximate surface area is 135 Å². The second-order valence-corrected chi connectivity index (χ2v) is 6.34. The summed E-state index contributed by atoms with van der Waals surface area (Å²) in [6.45, 7) is 2.44. The van der Waals surface area contributed by atoms with Crippen LogP contribution in [-0.2, 0) is 6.54 Å². The number of benzene rings is 1. The van der Waals surface area contributed by atoms with Gasteiger partial charge < -0.3 is 15.7 Å². The van der Waals surface area contributed by atoms with E-state index in [1.807, 2.05) is 6.92 Å². The van der Waals surface area contributed by atoms with Crippen molar-refractivity contribution in [1.29, 1.82) is 0 Å². The predicted octanol–water partition coefficient (Wildman–Crippen LogP) is 2.34. The van der Waals surface area contributed by atoms with Crippen LogP contribution in [0.1, 0.15) is 38.2 Å². The molecule has 7 heteroatoms. The van der Waals surface area contributed by atoms with E-state index in [4.69, 9.17) is 0 Å². The fourth-order valence-corrected chi connectivity index (χ4v) is 2.95. The molecule has 1 aromatic rings. The van der Waals surface area contributed by atoms with E-state index in [1.165, 1.54) is 6.07 Å². The highest BCUT2D eigenvalue weighted by Gasteiger charge is 2.35. The monoisotopic (exact) mass is 321 g/mol. The number of carbonyl (C=O) groups excluding carboxylic acids is 1. The van der Waals surface area contributed by atoms with Crippen molar-refractivity contribution in [2.45, 2.75) is 45.3 Å². The Balaban J connectivity index is 1.85. The molecule has 1 aromatic carbocycles. The second-order valence-electron chi connectivity index (χ2n) is 6.34. The van der Waals surface area contributed by atoms with Crippen molar-refractivity contribution in [1.82, 2.24) is 10.6 Å². The van der Waals surface area contributed by atoms with Crippen LogP contribution >= 0.6 is 0 Å². The van der Waals surface area contributed by atoms with Gasteiger partial charge >= 0.3 is 6.03 Å². The molecule has 126 valence electrons. The molecule has 1 aliphatic carbocycles. The summed E-state index contributed by atoms with van der Waals surface area (Å²) in [6, 6.07) is 5.93. The van der Waals surface area contributed by atoms with Crippen molar-refractivity contribution in [2.75, 3.05) is 6.54 Å². The van der Waals surface area contributed by atoms with Gasteiger partial charge in [0.05, 0.1) is 17.6 Å². The average molecular weight is 321 g/mol. The molecule has 0 heterocycles. The maximum atomic E-state index is 11.9. The SMILES string of the molecule is CC1(CNC(=O)NCc2ccccc2[N+](=O)[O-])CCCCC1O. The van der Waals surface area contributed by atoms with E-state index in [9.17, 15) is 20.0 Å².